The Kier molecular flexibility index (Phi) is 4.47. The van der Waals surface area contributed by atoms with E-state index in [1.807, 2.05) is 36.6 Å². The number of nitrogens with one attached hydrogen (secondary N) is 1. The Balaban J connectivity index is 1.61. The zero-order valence-electron chi connectivity index (χ0n) is 17.0. The van der Waals surface area contributed by atoms with E-state index in [0.29, 0.717) is 17.9 Å². The number of nitrogens with zero attached hydrogens (tertiary/aromatic N) is 4. The van der Waals surface area contributed by atoms with E-state index in [2.05, 4.69) is 26.3 Å². The molecule has 1 amide bonds. The molecule has 1 aliphatic carbocycles. The summed E-state index contributed by atoms with van der Waals surface area (Å²) in [5.74, 6) is 0.720. The van der Waals surface area contributed by atoms with Crippen molar-refractivity contribution in [3.8, 4) is 11.1 Å². The van der Waals surface area contributed by atoms with E-state index in [9.17, 15) is 9.90 Å². The number of aryl methyl sites for hydroxylation is 1. The highest BCUT2D eigenvalue weighted by Gasteiger charge is 2.29. The van der Waals surface area contributed by atoms with Crippen molar-refractivity contribution < 1.29 is 9.90 Å². The van der Waals surface area contributed by atoms with E-state index < -0.39 is 6.10 Å². The number of anilines is 1. The van der Waals surface area contributed by atoms with Gasteiger partial charge in [-0.05, 0) is 43.9 Å². The maximum Gasteiger partial charge on any atom is 0.228 e. The van der Waals surface area contributed by atoms with E-state index in [1.165, 1.54) is 0 Å². The van der Waals surface area contributed by atoms with Gasteiger partial charge in [0.25, 0.3) is 0 Å². The third-order valence-corrected chi connectivity index (χ3v) is 5.70. The maximum atomic E-state index is 12.1. The van der Waals surface area contributed by atoms with Crippen LogP contribution >= 0.6 is 0 Å². The zero-order valence-corrected chi connectivity index (χ0v) is 17.0. The number of hydrogen-bond donors (Lipinski definition) is 2. The first-order chi connectivity index (χ1) is 14.5. The molecule has 0 saturated heterocycles. The van der Waals surface area contributed by atoms with Crippen molar-refractivity contribution in [2.75, 3.05) is 5.32 Å². The zero-order chi connectivity index (χ0) is 20.8. The number of fused-ring (bicyclic) bond motifs is 3. The van der Waals surface area contributed by atoms with Crippen LogP contribution in [0.1, 0.15) is 43.5 Å². The molecule has 1 atom stereocenters. The van der Waals surface area contributed by atoms with Crippen molar-refractivity contribution in [1.82, 2.24) is 19.4 Å². The van der Waals surface area contributed by atoms with Gasteiger partial charge in [-0.1, -0.05) is 6.92 Å². The van der Waals surface area contributed by atoms with Gasteiger partial charge in [0, 0.05) is 53.3 Å². The molecule has 0 aromatic carbocycles. The van der Waals surface area contributed by atoms with Crippen LogP contribution in [0.3, 0.4) is 0 Å². The fourth-order valence-corrected chi connectivity index (χ4v) is 3.78. The van der Waals surface area contributed by atoms with Crippen LogP contribution in [0.25, 0.3) is 27.7 Å². The van der Waals surface area contributed by atoms with Crippen LogP contribution in [0, 0.1) is 12.8 Å². The number of carbonyl (C=O) groups is 1. The highest BCUT2D eigenvalue weighted by atomic mass is 16.3. The predicted molar refractivity (Wildman–Crippen MR) is 115 cm³/mol. The van der Waals surface area contributed by atoms with Crippen LogP contribution in [-0.4, -0.2) is 30.4 Å². The van der Waals surface area contributed by atoms with Crippen molar-refractivity contribution in [2.45, 2.75) is 39.2 Å². The quantitative estimate of drug-likeness (QED) is 0.526. The van der Waals surface area contributed by atoms with Gasteiger partial charge in [-0.15, -0.1) is 0 Å². The topological polar surface area (TPSA) is 92.4 Å². The Morgan fingerprint density at radius 1 is 1.20 bits per heavy atom. The van der Waals surface area contributed by atoms with Gasteiger partial charge in [-0.25, -0.2) is 9.97 Å². The lowest BCUT2D eigenvalue weighted by molar-refractivity contribution is -0.117. The van der Waals surface area contributed by atoms with Gasteiger partial charge >= 0.3 is 0 Å². The van der Waals surface area contributed by atoms with Gasteiger partial charge in [0.15, 0.2) is 0 Å². The molecule has 1 unspecified atom stereocenters. The van der Waals surface area contributed by atoms with Gasteiger partial charge in [0.2, 0.25) is 5.91 Å². The molecule has 1 fully saturated rings. The van der Waals surface area contributed by atoms with Gasteiger partial charge < -0.3 is 10.4 Å². The summed E-state index contributed by atoms with van der Waals surface area (Å²) in [4.78, 5) is 25.6. The van der Waals surface area contributed by atoms with Crippen molar-refractivity contribution in [2.24, 2.45) is 5.92 Å². The number of aliphatic hydroxyl groups is 1. The highest BCUT2D eigenvalue weighted by molar-refractivity contribution is 5.96. The van der Waals surface area contributed by atoms with Crippen LogP contribution in [0.15, 0.2) is 43.0 Å². The van der Waals surface area contributed by atoms with Crippen LogP contribution < -0.4 is 5.32 Å². The minimum absolute atomic E-state index is 0.0383. The number of pyridine rings is 3. The molecule has 0 radical (unpaired) electrons. The molecule has 0 spiro atoms. The van der Waals surface area contributed by atoms with Crippen molar-refractivity contribution >= 4 is 28.3 Å². The van der Waals surface area contributed by atoms with E-state index in [-0.39, 0.29) is 11.8 Å². The van der Waals surface area contributed by atoms with E-state index in [0.717, 1.165) is 46.1 Å². The molecule has 1 saturated carbocycles. The fraction of sp³-hybridized carbons (Fsp3) is 0.304. The number of imidazole rings is 1. The van der Waals surface area contributed by atoms with Crippen LogP contribution in [0.5, 0.6) is 0 Å². The van der Waals surface area contributed by atoms with Crippen LogP contribution in [-0.2, 0) is 4.79 Å². The number of carbonyl (C=O) groups excluding carboxylic acids is 1. The SMILES string of the molecule is CCC(O)c1cc(C)c(-c2cc3cnc(NC(=O)C4CC4)cc3n3ccnc23)cn1. The lowest BCUT2D eigenvalue weighted by Gasteiger charge is -2.14. The molecule has 1 aliphatic rings. The molecule has 4 aromatic rings. The second-order valence-corrected chi connectivity index (χ2v) is 7.92. The smallest absolute Gasteiger partial charge is 0.228 e. The van der Waals surface area contributed by atoms with Crippen LogP contribution in [0.2, 0.25) is 0 Å². The van der Waals surface area contributed by atoms with E-state index in [4.69, 9.17) is 0 Å². The summed E-state index contributed by atoms with van der Waals surface area (Å²) in [6.45, 7) is 3.95. The molecular weight excluding hydrogens is 378 g/mol. The summed E-state index contributed by atoms with van der Waals surface area (Å²) >= 11 is 0. The summed E-state index contributed by atoms with van der Waals surface area (Å²) in [5, 5.41) is 14.0. The number of aromatic nitrogens is 4. The molecular formula is C23H23N5O2. The molecule has 5 rings (SSSR count). The largest absolute Gasteiger partial charge is 0.387 e. The Morgan fingerprint density at radius 2 is 2.03 bits per heavy atom. The first-order valence-electron chi connectivity index (χ1n) is 10.3. The third kappa shape index (κ3) is 3.21. The van der Waals surface area contributed by atoms with Crippen molar-refractivity contribution in [3.05, 3.63) is 54.2 Å². The average molecular weight is 401 g/mol. The van der Waals surface area contributed by atoms with Crippen molar-refractivity contribution in [1.29, 1.82) is 0 Å². The molecule has 4 aromatic heterocycles. The Labute approximate surface area is 173 Å². The maximum absolute atomic E-state index is 12.1. The lowest BCUT2D eigenvalue weighted by atomic mass is 10.0. The minimum atomic E-state index is -0.561. The molecule has 4 heterocycles. The Bertz CT molecular complexity index is 1280. The van der Waals surface area contributed by atoms with Gasteiger partial charge in [0.05, 0.1) is 17.3 Å². The monoisotopic (exact) mass is 401 g/mol. The summed E-state index contributed by atoms with van der Waals surface area (Å²) in [5.41, 5.74) is 5.35. The molecule has 7 heteroatoms. The molecule has 0 aliphatic heterocycles. The fourth-order valence-electron chi connectivity index (χ4n) is 3.78. The predicted octanol–water partition coefficient (Wildman–Crippen LogP) is 4.04. The normalized spacial score (nSPS) is 14.9. The van der Waals surface area contributed by atoms with Gasteiger partial charge in [0.1, 0.15) is 11.5 Å². The van der Waals surface area contributed by atoms with Crippen LogP contribution in [0.4, 0.5) is 5.82 Å². The molecule has 152 valence electrons. The van der Waals surface area contributed by atoms with Crippen molar-refractivity contribution in [3.63, 3.8) is 0 Å². The number of hydrogen-bond acceptors (Lipinski definition) is 5. The summed E-state index contributed by atoms with van der Waals surface area (Å²) in [6, 6.07) is 5.87. The van der Waals surface area contributed by atoms with E-state index in [1.54, 1.807) is 18.6 Å². The highest BCUT2D eigenvalue weighted by Crippen LogP contribution is 2.33. The standard InChI is InChI=1S/C23H23N5O2/c1-3-20(29)18-8-13(2)17(12-25-18)16-9-15-11-26-21(27-23(30)14-4-5-14)10-19(15)28-7-6-24-22(16)28/h6-12,14,20,29H,3-5H2,1-2H3,(H,26,27,30). The molecule has 30 heavy (non-hydrogen) atoms. The Hall–Kier alpha value is -3.32. The summed E-state index contributed by atoms with van der Waals surface area (Å²) < 4.78 is 2.01. The number of amides is 1. The first kappa shape index (κ1) is 18.7. The number of rotatable bonds is 5. The summed E-state index contributed by atoms with van der Waals surface area (Å²) in [6.07, 6.45) is 9.22. The number of aliphatic hydroxyl groups excluding tert-OH is 1. The average Bonchev–Trinajstić information content (AvgIpc) is 3.49. The third-order valence-electron chi connectivity index (χ3n) is 5.70. The molecule has 2 N–H and O–H groups in total. The Morgan fingerprint density at radius 3 is 2.77 bits per heavy atom. The van der Waals surface area contributed by atoms with E-state index >= 15 is 0 Å². The second-order valence-electron chi connectivity index (χ2n) is 7.92. The summed E-state index contributed by atoms with van der Waals surface area (Å²) in [7, 11) is 0. The molecule has 7 nitrogen and oxygen atoms in total. The van der Waals surface area contributed by atoms with Gasteiger partial charge in [-0.3, -0.25) is 14.2 Å². The minimum Gasteiger partial charge on any atom is -0.387 e. The van der Waals surface area contributed by atoms with Gasteiger partial charge in [-0.2, -0.15) is 0 Å². The lowest BCUT2D eigenvalue weighted by Crippen LogP contribution is -2.14. The molecule has 0 bridgehead atoms. The first-order valence-corrected chi connectivity index (χ1v) is 10.3. The second kappa shape index (κ2) is 7.18.